The number of aliphatic carboxylic acids is 1. The molecule has 5 nitrogen and oxygen atoms in total. The van der Waals surface area contributed by atoms with E-state index in [1.165, 1.54) is 12.1 Å². The Hall–Kier alpha value is -1.75. The monoisotopic (exact) mass is 311 g/mol. The van der Waals surface area contributed by atoms with Crippen molar-refractivity contribution in [3.05, 3.63) is 28.8 Å². The summed E-state index contributed by atoms with van der Waals surface area (Å²) in [7, 11) is 0. The molecular weight excluding hydrogens is 294 g/mol. The highest BCUT2D eigenvalue weighted by Crippen LogP contribution is 2.27. The molecule has 114 valence electrons. The second-order valence-electron chi connectivity index (χ2n) is 5.35. The second-order valence-corrected chi connectivity index (χ2v) is 5.79. The number of likely N-dealkylation sites (tertiary alicyclic amines) is 1. The van der Waals surface area contributed by atoms with Crippen LogP contribution in [0.15, 0.2) is 18.2 Å². The van der Waals surface area contributed by atoms with E-state index in [-0.39, 0.29) is 29.6 Å². The van der Waals surface area contributed by atoms with Gasteiger partial charge in [0.15, 0.2) is 0 Å². The summed E-state index contributed by atoms with van der Waals surface area (Å²) in [6, 6.07) is 4.43. The number of benzene rings is 1. The van der Waals surface area contributed by atoms with E-state index < -0.39 is 5.97 Å². The molecule has 1 heterocycles. The van der Waals surface area contributed by atoms with Crippen LogP contribution in [0.25, 0.3) is 0 Å². The molecule has 1 fully saturated rings. The summed E-state index contributed by atoms with van der Waals surface area (Å²) in [6.07, 6.45) is 2.48. The zero-order valence-electron chi connectivity index (χ0n) is 11.6. The van der Waals surface area contributed by atoms with E-state index in [2.05, 4.69) is 0 Å². The van der Waals surface area contributed by atoms with Gasteiger partial charge in [0.2, 0.25) is 0 Å². The highest BCUT2D eigenvalue weighted by atomic mass is 35.5. The first-order valence-electron chi connectivity index (χ1n) is 6.97. The van der Waals surface area contributed by atoms with Crippen molar-refractivity contribution in [2.75, 3.05) is 13.1 Å². The summed E-state index contributed by atoms with van der Waals surface area (Å²) in [5, 5.41) is 18.9. The minimum absolute atomic E-state index is 0.124. The largest absolute Gasteiger partial charge is 0.507 e. The Bertz CT molecular complexity index is 546. The summed E-state index contributed by atoms with van der Waals surface area (Å²) in [6.45, 7) is 1.17. The molecule has 1 aliphatic heterocycles. The average Bonchev–Trinajstić information content (AvgIpc) is 2.45. The minimum atomic E-state index is -0.811. The van der Waals surface area contributed by atoms with Gasteiger partial charge in [-0.2, -0.15) is 0 Å². The van der Waals surface area contributed by atoms with Gasteiger partial charge in [-0.1, -0.05) is 11.6 Å². The van der Waals surface area contributed by atoms with E-state index >= 15 is 0 Å². The molecule has 1 unspecified atom stereocenters. The van der Waals surface area contributed by atoms with E-state index in [1.807, 2.05) is 0 Å². The van der Waals surface area contributed by atoms with Crippen molar-refractivity contribution in [3.63, 3.8) is 0 Å². The van der Waals surface area contributed by atoms with Crippen LogP contribution < -0.4 is 0 Å². The third-order valence-electron chi connectivity index (χ3n) is 3.76. The number of phenolic OH excluding ortho intramolecular Hbond substituents is 1. The first kappa shape index (κ1) is 15.6. The van der Waals surface area contributed by atoms with Gasteiger partial charge in [-0.05, 0) is 43.4 Å². The summed E-state index contributed by atoms with van der Waals surface area (Å²) in [5.41, 5.74) is 0.235. The lowest BCUT2D eigenvalue weighted by Gasteiger charge is -2.32. The number of halogens is 1. The molecule has 0 bridgehead atoms. The molecule has 0 saturated carbocycles. The van der Waals surface area contributed by atoms with Crippen LogP contribution in [0, 0.1) is 5.92 Å². The van der Waals surface area contributed by atoms with Crippen molar-refractivity contribution in [2.45, 2.75) is 25.7 Å². The lowest BCUT2D eigenvalue weighted by Crippen LogP contribution is -2.40. The number of amides is 1. The van der Waals surface area contributed by atoms with Gasteiger partial charge in [-0.25, -0.2) is 0 Å². The first-order chi connectivity index (χ1) is 9.97. The fraction of sp³-hybridized carbons (Fsp3) is 0.467. The van der Waals surface area contributed by atoms with Gasteiger partial charge in [-0.15, -0.1) is 0 Å². The van der Waals surface area contributed by atoms with Gasteiger partial charge in [0.05, 0.1) is 5.56 Å². The summed E-state index contributed by atoms with van der Waals surface area (Å²) in [5.74, 6) is -0.966. The highest BCUT2D eigenvalue weighted by molar-refractivity contribution is 6.30. The molecular formula is C15H18ClNO4. The van der Waals surface area contributed by atoms with Gasteiger partial charge in [-0.3, -0.25) is 9.59 Å². The van der Waals surface area contributed by atoms with Gasteiger partial charge < -0.3 is 15.1 Å². The topological polar surface area (TPSA) is 77.8 Å². The van der Waals surface area contributed by atoms with Crippen molar-refractivity contribution in [1.29, 1.82) is 0 Å². The molecule has 1 aromatic rings. The van der Waals surface area contributed by atoms with Crippen LogP contribution in [0.5, 0.6) is 5.75 Å². The lowest BCUT2D eigenvalue weighted by atomic mass is 9.93. The van der Waals surface area contributed by atoms with Crippen LogP contribution in [-0.4, -0.2) is 40.1 Å². The maximum Gasteiger partial charge on any atom is 0.303 e. The molecule has 21 heavy (non-hydrogen) atoms. The molecule has 0 radical (unpaired) electrons. The molecule has 1 saturated heterocycles. The third kappa shape index (κ3) is 4.11. The Morgan fingerprint density at radius 2 is 2.14 bits per heavy atom. The number of carbonyl (C=O) groups is 2. The molecule has 1 aromatic carbocycles. The predicted molar refractivity (Wildman–Crippen MR) is 78.6 cm³/mol. The molecule has 0 aromatic heterocycles. The second kappa shape index (κ2) is 6.80. The van der Waals surface area contributed by atoms with Gasteiger partial charge in [0.25, 0.3) is 5.91 Å². The number of carboxylic acids is 1. The summed E-state index contributed by atoms with van der Waals surface area (Å²) < 4.78 is 0. The fourth-order valence-corrected chi connectivity index (χ4v) is 2.84. The van der Waals surface area contributed by atoms with E-state index in [0.29, 0.717) is 24.5 Å². The van der Waals surface area contributed by atoms with Crippen LogP contribution >= 0.6 is 11.6 Å². The van der Waals surface area contributed by atoms with Crippen LogP contribution in [0.2, 0.25) is 5.02 Å². The van der Waals surface area contributed by atoms with Crippen molar-refractivity contribution in [1.82, 2.24) is 4.90 Å². The van der Waals surface area contributed by atoms with E-state index in [0.717, 1.165) is 12.8 Å². The van der Waals surface area contributed by atoms with Gasteiger partial charge in [0, 0.05) is 24.5 Å². The first-order valence-corrected chi connectivity index (χ1v) is 7.34. The highest BCUT2D eigenvalue weighted by Gasteiger charge is 2.26. The van der Waals surface area contributed by atoms with Crippen molar-refractivity contribution >= 4 is 23.5 Å². The summed E-state index contributed by atoms with van der Waals surface area (Å²) >= 11 is 5.76. The molecule has 0 aliphatic carbocycles. The number of nitrogens with zero attached hydrogens (tertiary/aromatic N) is 1. The minimum Gasteiger partial charge on any atom is -0.507 e. The molecule has 1 amide bonds. The maximum atomic E-state index is 12.4. The number of hydrogen-bond donors (Lipinski definition) is 2. The Morgan fingerprint density at radius 1 is 1.38 bits per heavy atom. The molecule has 2 N–H and O–H groups in total. The van der Waals surface area contributed by atoms with Crippen LogP contribution in [0.4, 0.5) is 0 Å². The van der Waals surface area contributed by atoms with Crippen LogP contribution in [0.3, 0.4) is 0 Å². The lowest BCUT2D eigenvalue weighted by molar-refractivity contribution is -0.137. The van der Waals surface area contributed by atoms with Gasteiger partial charge >= 0.3 is 5.97 Å². The van der Waals surface area contributed by atoms with Crippen molar-refractivity contribution < 1.29 is 19.8 Å². The number of carboxylic acid groups (broad SMARTS) is 1. The van der Waals surface area contributed by atoms with Crippen molar-refractivity contribution in [2.24, 2.45) is 5.92 Å². The SMILES string of the molecule is O=C(O)CCC1CCCN(C(=O)c2ccc(Cl)cc2O)C1. The average molecular weight is 312 g/mol. The number of rotatable bonds is 4. The van der Waals surface area contributed by atoms with E-state index in [9.17, 15) is 14.7 Å². The van der Waals surface area contributed by atoms with E-state index in [4.69, 9.17) is 16.7 Å². The number of piperidine rings is 1. The zero-order valence-corrected chi connectivity index (χ0v) is 12.3. The summed E-state index contributed by atoms with van der Waals surface area (Å²) in [4.78, 5) is 24.7. The van der Waals surface area contributed by atoms with Crippen LogP contribution in [0.1, 0.15) is 36.0 Å². The Balaban J connectivity index is 2.03. The smallest absolute Gasteiger partial charge is 0.303 e. The number of phenols is 1. The van der Waals surface area contributed by atoms with Crippen LogP contribution in [-0.2, 0) is 4.79 Å². The Morgan fingerprint density at radius 3 is 2.81 bits per heavy atom. The standard InChI is InChI=1S/C15H18ClNO4/c16-11-4-5-12(13(18)8-11)15(21)17-7-1-2-10(9-17)3-6-14(19)20/h4-5,8,10,18H,1-3,6-7,9H2,(H,19,20). The molecule has 0 spiro atoms. The third-order valence-corrected chi connectivity index (χ3v) is 4.00. The predicted octanol–water partition coefficient (Wildman–Crippen LogP) is 2.76. The maximum absolute atomic E-state index is 12.4. The Labute approximate surface area is 128 Å². The fourth-order valence-electron chi connectivity index (χ4n) is 2.67. The number of hydrogen-bond acceptors (Lipinski definition) is 3. The van der Waals surface area contributed by atoms with Crippen molar-refractivity contribution in [3.8, 4) is 5.75 Å². The normalized spacial score (nSPS) is 18.5. The molecule has 6 heteroatoms. The molecule has 2 rings (SSSR count). The molecule has 1 aliphatic rings. The number of aromatic hydroxyl groups is 1. The molecule has 1 atom stereocenters. The zero-order chi connectivity index (χ0) is 15.4. The van der Waals surface area contributed by atoms with E-state index in [1.54, 1.807) is 11.0 Å². The number of carbonyl (C=O) groups excluding carboxylic acids is 1. The quantitative estimate of drug-likeness (QED) is 0.896. The van der Waals surface area contributed by atoms with Gasteiger partial charge in [0.1, 0.15) is 5.75 Å². The Kier molecular flexibility index (Phi) is 5.07.